The average Bonchev–Trinajstić information content (AvgIpc) is 3.51. The summed E-state index contributed by atoms with van der Waals surface area (Å²) in [5.74, 6) is 0. The third-order valence-electron chi connectivity index (χ3n) is 5.45. The Balaban J connectivity index is 0.000000141. The molecule has 0 N–H and O–H groups in total. The molecule has 0 spiro atoms. The minimum atomic E-state index is -0.556. The summed E-state index contributed by atoms with van der Waals surface area (Å²) < 4.78 is 0. The second kappa shape index (κ2) is 12.0. The number of benzene rings is 4. The van der Waals surface area contributed by atoms with E-state index in [1.54, 1.807) is 0 Å². The van der Waals surface area contributed by atoms with Gasteiger partial charge in [-0.3, -0.25) is 0 Å². The molecule has 0 aromatic heterocycles. The van der Waals surface area contributed by atoms with Crippen molar-refractivity contribution < 1.29 is 17.0 Å². The maximum absolute atomic E-state index is 4.89. The first-order valence-electron chi connectivity index (χ1n) is 10.7. The normalized spacial score (nSPS) is 10.1. The van der Waals surface area contributed by atoms with Crippen LogP contribution in [0.1, 0.15) is 0 Å². The van der Waals surface area contributed by atoms with Crippen molar-refractivity contribution in [2.75, 3.05) is 0 Å². The summed E-state index contributed by atoms with van der Waals surface area (Å²) in [5.41, 5.74) is 5.18. The Morgan fingerprint density at radius 2 is 0.788 bits per heavy atom. The van der Waals surface area contributed by atoms with E-state index in [-0.39, 0.29) is 0 Å². The van der Waals surface area contributed by atoms with E-state index in [1.807, 2.05) is 12.1 Å². The van der Waals surface area contributed by atoms with Crippen molar-refractivity contribution >= 4 is 40.2 Å². The van der Waals surface area contributed by atoms with Crippen molar-refractivity contribution in [3.63, 3.8) is 0 Å². The molecule has 0 aliphatic rings. The van der Waals surface area contributed by atoms with E-state index in [0.29, 0.717) is 0 Å². The first-order chi connectivity index (χ1) is 16.3. The largest absolute Gasteiger partial charge is 0.145 e. The van der Waals surface area contributed by atoms with Gasteiger partial charge in [0.25, 0.3) is 0 Å². The Kier molecular flexibility index (Phi) is 8.58. The van der Waals surface area contributed by atoms with Crippen LogP contribution in [0, 0.1) is 0 Å². The molecule has 33 heavy (non-hydrogen) atoms. The van der Waals surface area contributed by atoms with Gasteiger partial charge in [-0.25, -0.2) is 0 Å². The van der Waals surface area contributed by atoms with Gasteiger partial charge in [-0.2, -0.15) is 0 Å². The van der Waals surface area contributed by atoms with Crippen LogP contribution >= 0.6 is 18.6 Å². The number of fused-ring (bicyclic) bond motifs is 2. The van der Waals surface area contributed by atoms with Gasteiger partial charge in [-0.1, -0.05) is 108 Å². The van der Waals surface area contributed by atoms with Crippen LogP contribution in [0.3, 0.4) is 0 Å². The van der Waals surface area contributed by atoms with Crippen LogP contribution in [0.15, 0.2) is 133 Å². The van der Waals surface area contributed by atoms with Gasteiger partial charge in [0.15, 0.2) is 0 Å². The fraction of sp³-hybridized carbons (Fsp3) is 0. The Morgan fingerprint density at radius 3 is 1.15 bits per heavy atom. The van der Waals surface area contributed by atoms with Crippen molar-refractivity contribution in [3.05, 3.63) is 133 Å². The van der Waals surface area contributed by atoms with Crippen molar-refractivity contribution in [1.82, 2.24) is 0 Å². The Bertz CT molecular complexity index is 1220. The SMILES string of the molecule is [Cl][Ti][Cl].c1ccc(-c2cc3ccccc3[cH-]2)cc1.c1ccc(-c2cc3ccccc3[cH-]2)cc1. The molecule has 0 bridgehead atoms. The molecule has 0 amide bonds. The summed E-state index contributed by atoms with van der Waals surface area (Å²) >= 11 is -0.556. The molecule has 0 aliphatic heterocycles. The van der Waals surface area contributed by atoms with E-state index in [0.717, 1.165) is 0 Å². The van der Waals surface area contributed by atoms with Crippen LogP contribution in [-0.4, -0.2) is 0 Å². The fourth-order valence-corrected chi connectivity index (χ4v) is 3.90. The van der Waals surface area contributed by atoms with Crippen molar-refractivity contribution in [2.45, 2.75) is 0 Å². The number of hydrogen-bond acceptors (Lipinski definition) is 0. The molecule has 3 heteroatoms. The van der Waals surface area contributed by atoms with Gasteiger partial charge in [-0.05, 0) is 0 Å². The maximum atomic E-state index is 4.89. The third kappa shape index (κ3) is 6.25. The minimum absolute atomic E-state index is 0.556. The van der Waals surface area contributed by atoms with Crippen LogP contribution in [0.25, 0.3) is 43.8 Å². The molecule has 0 heterocycles. The van der Waals surface area contributed by atoms with Gasteiger partial charge >= 0.3 is 35.6 Å². The summed E-state index contributed by atoms with van der Waals surface area (Å²) in [6.45, 7) is 0. The molecule has 6 aromatic carbocycles. The molecule has 0 saturated heterocycles. The minimum Gasteiger partial charge on any atom is -0.145 e. The standard InChI is InChI=1S/2C15H11.2ClH.Ti/c2*1-2-6-12(7-3-1)15-10-13-8-4-5-9-14(13)11-15;;;/h2*1-11H;2*1H;/q2*-1;;;+2/p-2. The molecule has 0 aliphatic carbocycles. The van der Waals surface area contributed by atoms with Crippen molar-refractivity contribution in [3.8, 4) is 22.3 Å². The summed E-state index contributed by atoms with van der Waals surface area (Å²) in [6, 6.07) is 46.9. The Labute approximate surface area is 211 Å². The van der Waals surface area contributed by atoms with Crippen LogP contribution in [0.2, 0.25) is 0 Å². The third-order valence-corrected chi connectivity index (χ3v) is 5.45. The average molecular weight is 501 g/mol. The molecule has 0 saturated carbocycles. The molecule has 0 radical (unpaired) electrons. The van der Waals surface area contributed by atoms with Crippen molar-refractivity contribution in [1.29, 1.82) is 0 Å². The molecule has 162 valence electrons. The van der Waals surface area contributed by atoms with Gasteiger partial charge in [0.05, 0.1) is 0 Å². The van der Waals surface area contributed by atoms with E-state index in [2.05, 4.69) is 121 Å². The first-order valence-corrected chi connectivity index (χ1v) is 15.0. The topological polar surface area (TPSA) is 0 Å². The second-order valence-corrected chi connectivity index (χ2v) is 10.1. The summed E-state index contributed by atoms with van der Waals surface area (Å²) in [4.78, 5) is 0. The quantitative estimate of drug-likeness (QED) is 0.164. The number of rotatable bonds is 2. The predicted octanol–water partition coefficient (Wildman–Crippen LogP) is 9.83. The van der Waals surface area contributed by atoms with Gasteiger partial charge in [0.2, 0.25) is 0 Å². The molecule has 0 atom stereocenters. The second-order valence-electron chi connectivity index (χ2n) is 7.55. The van der Waals surface area contributed by atoms with E-state index in [4.69, 9.17) is 18.6 Å². The number of halogens is 2. The zero-order valence-electron chi connectivity index (χ0n) is 18.0. The molecule has 6 rings (SSSR count). The molecule has 6 aromatic rings. The zero-order valence-corrected chi connectivity index (χ0v) is 21.0. The van der Waals surface area contributed by atoms with Crippen LogP contribution in [0.5, 0.6) is 0 Å². The van der Waals surface area contributed by atoms with Gasteiger partial charge < -0.3 is 0 Å². The summed E-state index contributed by atoms with van der Waals surface area (Å²) in [7, 11) is 9.78. The molecule has 0 fully saturated rings. The summed E-state index contributed by atoms with van der Waals surface area (Å²) in [6.07, 6.45) is 0. The molecule has 0 unspecified atom stereocenters. The first kappa shape index (κ1) is 23.5. The molecular weight excluding hydrogens is 479 g/mol. The molecular formula is C30H22Cl2Ti-2. The van der Waals surface area contributed by atoms with E-state index in [1.165, 1.54) is 43.8 Å². The Morgan fingerprint density at radius 1 is 0.455 bits per heavy atom. The smallest absolute Gasteiger partial charge is 0.0635 e. The van der Waals surface area contributed by atoms with Gasteiger partial charge in [0, 0.05) is 0 Å². The van der Waals surface area contributed by atoms with Crippen molar-refractivity contribution in [2.24, 2.45) is 0 Å². The van der Waals surface area contributed by atoms with Crippen LogP contribution < -0.4 is 0 Å². The van der Waals surface area contributed by atoms with E-state index < -0.39 is 17.0 Å². The van der Waals surface area contributed by atoms with Crippen LogP contribution in [0.4, 0.5) is 0 Å². The maximum Gasteiger partial charge on any atom is -0.0635 e. The fourth-order valence-electron chi connectivity index (χ4n) is 3.90. The predicted molar refractivity (Wildman–Crippen MR) is 142 cm³/mol. The number of hydrogen-bond donors (Lipinski definition) is 0. The van der Waals surface area contributed by atoms with Gasteiger partial charge in [0.1, 0.15) is 0 Å². The zero-order chi connectivity index (χ0) is 22.9. The molecule has 0 nitrogen and oxygen atoms in total. The van der Waals surface area contributed by atoms with Gasteiger partial charge in [-0.15, -0.1) is 69.1 Å². The Hall–Kier alpha value is -2.61. The van der Waals surface area contributed by atoms with Crippen LogP contribution in [-0.2, 0) is 17.0 Å². The monoisotopic (exact) mass is 500 g/mol. The van der Waals surface area contributed by atoms with E-state index in [9.17, 15) is 0 Å². The summed E-state index contributed by atoms with van der Waals surface area (Å²) in [5, 5.41) is 5.26. The van der Waals surface area contributed by atoms with E-state index >= 15 is 0 Å².